The first kappa shape index (κ1) is 28.9. The predicted molar refractivity (Wildman–Crippen MR) is 156 cm³/mol. The molecule has 0 saturated carbocycles. The van der Waals surface area contributed by atoms with E-state index in [1.54, 1.807) is 49.4 Å². The van der Waals surface area contributed by atoms with Gasteiger partial charge in [-0.2, -0.15) is 0 Å². The van der Waals surface area contributed by atoms with Crippen LogP contribution in [-0.2, 0) is 14.3 Å². The van der Waals surface area contributed by atoms with Crippen LogP contribution in [0.1, 0.15) is 52.3 Å². The van der Waals surface area contributed by atoms with Crippen LogP contribution in [0, 0.1) is 6.92 Å². The lowest BCUT2D eigenvalue weighted by Gasteiger charge is -2.24. The predicted octanol–water partition coefficient (Wildman–Crippen LogP) is 5.37. The minimum Gasteiger partial charge on any atom is -0.507 e. The van der Waals surface area contributed by atoms with Gasteiger partial charge in [-0.05, 0) is 49.2 Å². The topological polar surface area (TPSA) is 124 Å². The summed E-state index contributed by atoms with van der Waals surface area (Å²) >= 11 is 0.930. The molecular weight excluding hydrogens is 560 g/mol. The highest BCUT2D eigenvalue weighted by molar-refractivity contribution is 7.17. The van der Waals surface area contributed by atoms with Crippen LogP contribution in [0.15, 0.2) is 60.7 Å². The first-order chi connectivity index (χ1) is 20.3. The highest BCUT2D eigenvalue weighted by Crippen LogP contribution is 2.45. The third kappa shape index (κ3) is 5.60. The molecule has 2 aliphatic rings. The number of unbranched alkanes of at least 4 members (excludes halogenated alkanes) is 1. The van der Waals surface area contributed by atoms with E-state index in [1.165, 1.54) is 11.0 Å². The summed E-state index contributed by atoms with van der Waals surface area (Å²) in [5.41, 5.74) is 1.01. The molecule has 1 saturated heterocycles. The number of fused-ring (bicyclic) bond motifs is 1. The van der Waals surface area contributed by atoms with Crippen molar-refractivity contribution in [3.05, 3.63) is 82.4 Å². The standard InChI is InChI=1S/C31H30N2O8S/c1-4-6-13-38-21-9-7-8-19(16-21)25-24(26(34)20-10-11-22-23(17-20)40-15-14-39-22)27(35)29(36)33(25)31-32-18(3)28(42-31)30(37)41-12-5-2/h5,7-11,16-17,25,34H,2,4,6,12-15H2,1,3H3/t25-/m0/s1. The van der Waals surface area contributed by atoms with E-state index in [1.807, 2.05) is 0 Å². The molecule has 2 aliphatic heterocycles. The maximum absolute atomic E-state index is 13.6. The van der Waals surface area contributed by atoms with Crippen molar-refractivity contribution in [1.29, 1.82) is 0 Å². The van der Waals surface area contributed by atoms with Gasteiger partial charge in [0.05, 0.1) is 23.9 Å². The van der Waals surface area contributed by atoms with Crippen molar-refractivity contribution in [2.75, 3.05) is 31.3 Å². The van der Waals surface area contributed by atoms with Gasteiger partial charge in [-0.1, -0.05) is 49.5 Å². The van der Waals surface area contributed by atoms with Crippen molar-refractivity contribution >= 4 is 39.9 Å². The summed E-state index contributed by atoms with van der Waals surface area (Å²) in [7, 11) is 0. The van der Waals surface area contributed by atoms with Crippen LogP contribution in [0.3, 0.4) is 0 Å². The van der Waals surface area contributed by atoms with Gasteiger partial charge in [0.2, 0.25) is 0 Å². The third-order valence-electron chi connectivity index (χ3n) is 6.71. The Labute approximate surface area is 246 Å². The van der Waals surface area contributed by atoms with Gasteiger partial charge in [0.15, 0.2) is 16.6 Å². The van der Waals surface area contributed by atoms with Gasteiger partial charge in [0, 0.05) is 5.56 Å². The number of amides is 1. The number of hydrogen-bond acceptors (Lipinski definition) is 10. The number of esters is 1. The lowest BCUT2D eigenvalue weighted by atomic mass is 9.95. The number of aromatic nitrogens is 1. The first-order valence-electron chi connectivity index (χ1n) is 13.5. The van der Waals surface area contributed by atoms with Crippen LogP contribution in [0.25, 0.3) is 5.76 Å². The number of Topliss-reactive ketones (excluding diaryl/α,β-unsaturated/α-hetero) is 1. The molecule has 0 bridgehead atoms. The van der Waals surface area contributed by atoms with Crippen LogP contribution >= 0.6 is 11.3 Å². The molecule has 218 valence electrons. The molecule has 3 aromatic rings. The van der Waals surface area contributed by atoms with Crippen LogP contribution in [0.4, 0.5) is 5.13 Å². The molecule has 42 heavy (non-hydrogen) atoms. The fourth-order valence-corrected chi connectivity index (χ4v) is 5.66. The van der Waals surface area contributed by atoms with E-state index in [9.17, 15) is 19.5 Å². The van der Waals surface area contributed by atoms with E-state index in [4.69, 9.17) is 18.9 Å². The molecule has 0 unspecified atom stereocenters. The van der Waals surface area contributed by atoms with Gasteiger partial charge in [0.1, 0.15) is 36.2 Å². The molecule has 5 rings (SSSR count). The zero-order valence-corrected chi connectivity index (χ0v) is 24.1. The average molecular weight is 591 g/mol. The fourth-order valence-electron chi connectivity index (χ4n) is 4.67. The summed E-state index contributed by atoms with van der Waals surface area (Å²) in [6.07, 6.45) is 3.26. The van der Waals surface area contributed by atoms with E-state index < -0.39 is 23.7 Å². The number of carbonyl (C=O) groups excluding carboxylic acids is 3. The highest BCUT2D eigenvalue weighted by Gasteiger charge is 2.48. The molecule has 10 nitrogen and oxygen atoms in total. The molecule has 1 fully saturated rings. The van der Waals surface area contributed by atoms with Crippen LogP contribution in [0.5, 0.6) is 17.2 Å². The minimum atomic E-state index is -1.06. The van der Waals surface area contributed by atoms with Crippen LogP contribution < -0.4 is 19.1 Å². The number of hydrogen-bond donors (Lipinski definition) is 1. The average Bonchev–Trinajstić information content (AvgIpc) is 3.51. The summed E-state index contributed by atoms with van der Waals surface area (Å²) in [5, 5.41) is 11.7. The summed E-state index contributed by atoms with van der Waals surface area (Å²) in [4.78, 5) is 45.7. The Morgan fingerprint density at radius 2 is 1.98 bits per heavy atom. The number of thiazole rings is 1. The van der Waals surface area contributed by atoms with Gasteiger partial charge in [-0.15, -0.1) is 0 Å². The first-order valence-corrected chi connectivity index (χ1v) is 14.3. The van der Waals surface area contributed by atoms with Crippen molar-refractivity contribution in [3.63, 3.8) is 0 Å². The number of aryl methyl sites for hydroxylation is 1. The van der Waals surface area contributed by atoms with E-state index in [0.29, 0.717) is 48.3 Å². The molecule has 11 heteroatoms. The fraction of sp³-hybridized carbons (Fsp3) is 0.290. The Bertz CT molecular complexity index is 1580. The highest BCUT2D eigenvalue weighted by atomic mass is 32.1. The Kier molecular flexibility index (Phi) is 8.58. The van der Waals surface area contributed by atoms with E-state index in [0.717, 1.165) is 24.2 Å². The zero-order valence-electron chi connectivity index (χ0n) is 23.3. The van der Waals surface area contributed by atoms with Crippen molar-refractivity contribution in [3.8, 4) is 17.2 Å². The summed E-state index contributed by atoms with van der Waals surface area (Å²) < 4.78 is 22.3. The van der Waals surface area contributed by atoms with Crippen molar-refractivity contribution in [2.24, 2.45) is 0 Å². The lowest BCUT2D eigenvalue weighted by Crippen LogP contribution is -2.29. The Hall–Kier alpha value is -4.64. The molecule has 1 atom stereocenters. The smallest absolute Gasteiger partial charge is 0.350 e. The van der Waals surface area contributed by atoms with Crippen molar-refractivity contribution in [1.82, 2.24) is 4.98 Å². The summed E-state index contributed by atoms with van der Waals surface area (Å²) in [6, 6.07) is 10.8. The second-order valence-corrected chi connectivity index (χ2v) is 10.6. The van der Waals surface area contributed by atoms with E-state index in [-0.39, 0.29) is 33.5 Å². The SMILES string of the molecule is C=CCOC(=O)c1sc(N2C(=O)C(=O)C(=C(O)c3ccc4c(c3)OCCO4)[C@@H]2c2cccc(OCCCC)c2)nc1C. The zero-order chi connectivity index (χ0) is 29.8. The number of carbonyl (C=O) groups is 3. The van der Waals surface area contributed by atoms with E-state index >= 15 is 0 Å². The van der Waals surface area contributed by atoms with Crippen LogP contribution in [-0.4, -0.2) is 54.2 Å². The number of anilines is 1. The van der Waals surface area contributed by atoms with E-state index in [2.05, 4.69) is 18.5 Å². The maximum atomic E-state index is 13.6. The second-order valence-electron chi connectivity index (χ2n) is 9.60. The molecule has 3 heterocycles. The molecule has 0 aliphatic carbocycles. The summed E-state index contributed by atoms with van der Waals surface area (Å²) in [6.45, 7) is 8.48. The van der Waals surface area contributed by atoms with Gasteiger partial charge in [-0.3, -0.25) is 14.5 Å². The molecule has 0 radical (unpaired) electrons. The Balaban J connectivity index is 1.63. The molecule has 2 aromatic carbocycles. The number of aliphatic hydroxyl groups is 1. The minimum absolute atomic E-state index is 0.0103. The van der Waals surface area contributed by atoms with Crippen molar-refractivity contribution in [2.45, 2.75) is 32.7 Å². The van der Waals surface area contributed by atoms with Gasteiger partial charge in [-0.25, -0.2) is 9.78 Å². The quantitative estimate of drug-likeness (QED) is 0.0829. The molecule has 1 aromatic heterocycles. The molecule has 0 spiro atoms. The molecule has 1 N–H and O–H groups in total. The number of benzene rings is 2. The lowest BCUT2D eigenvalue weighted by molar-refractivity contribution is -0.132. The number of nitrogens with zero attached hydrogens (tertiary/aromatic N) is 2. The monoisotopic (exact) mass is 590 g/mol. The van der Waals surface area contributed by atoms with Crippen molar-refractivity contribution < 1.29 is 38.4 Å². The van der Waals surface area contributed by atoms with Gasteiger partial charge >= 0.3 is 11.9 Å². The Morgan fingerprint density at radius 1 is 1.19 bits per heavy atom. The Morgan fingerprint density at radius 3 is 2.74 bits per heavy atom. The number of rotatable bonds is 10. The number of ketones is 1. The normalized spacial score (nSPS) is 17.3. The molecule has 1 amide bonds. The number of aliphatic hydroxyl groups excluding tert-OH is 1. The molecular formula is C31H30N2O8S. The largest absolute Gasteiger partial charge is 0.507 e. The second kappa shape index (κ2) is 12.5. The van der Waals surface area contributed by atoms with Crippen LogP contribution in [0.2, 0.25) is 0 Å². The third-order valence-corrected chi connectivity index (χ3v) is 7.85. The maximum Gasteiger partial charge on any atom is 0.350 e. The van der Waals surface area contributed by atoms with Gasteiger partial charge < -0.3 is 24.1 Å². The summed E-state index contributed by atoms with van der Waals surface area (Å²) in [5.74, 6) is -1.30. The van der Waals surface area contributed by atoms with Gasteiger partial charge in [0.25, 0.3) is 5.78 Å². The number of ether oxygens (including phenoxy) is 4.